The van der Waals surface area contributed by atoms with Gasteiger partial charge in [0.05, 0.1) is 19.8 Å². The molecule has 0 saturated heterocycles. The average molecular weight is 364 g/mol. The molecule has 0 fully saturated rings. The first-order chi connectivity index (χ1) is 12.6. The van der Waals surface area contributed by atoms with Crippen LogP contribution in [0.25, 0.3) is 0 Å². The zero-order valence-corrected chi connectivity index (χ0v) is 16.9. The Balaban J connectivity index is 2.04. The van der Waals surface area contributed by atoms with E-state index in [1.807, 2.05) is 24.3 Å². The molecule has 0 bridgehead atoms. The van der Waals surface area contributed by atoms with Crippen molar-refractivity contribution in [3.05, 3.63) is 35.4 Å². The van der Waals surface area contributed by atoms with Gasteiger partial charge in [0.1, 0.15) is 0 Å². The van der Waals surface area contributed by atoms with Crippen LogP contribution in [-0.2, 0) is 15.9 Å². The van der Waals surface area contributed by atoms with E-state index in [2.05, 4.69) is 26.1 Å². The standard InChI is InChI=1S/C22H37NO3/c1-4-5-6-7-15-25-17-18-26-16-14-23-22(24)21-12-10-20(11-13-21)9-8-19(2)3/h10-13,19H,4-9,14-18H2,1-3H3,(H,23,24). The molecule has 0 aliphatic rings. The van der Waals surface area contributed by atoms with Crippen molar-refractivity contribution >= 4 is 5.91 Å². The Kier molecular flexibility index (Phi) is 12.8. The van der Waals surface area contributed by atoms with E-state index in [9.17, 15) is 4.79 Å². The van der Waals surface area contributed by atoms with Crippen LogP contribution >= 0.6 is 0 Å². The van der Waals surface area contributed by atoms with E-state index in [0.717, 1.165) is 19.4 Å². The summed E-state index contributed by atoms with van der Waals surface area (Å²) >= 11 is 0. The zero-order chi connectivity index (χ0) is 19.0. The van der Waals surface area contributed by atoms with E-state index in [-0.39, 0.29) is 5.91 Å². The van der Waals surface area contributed by atoms with E-state index in [0.29, 0.717) is 37.8 Å². The van der Waals surface area contributed by atoms with Gasteiger partial charge in [0.25, 0.3) is 5.91 Å². The van der Waals surface area contributed by atoms with Crippen molar-refractivity contribution in [2.75, 3.05) is 33.0 Å². The summed E-state index contributed by atoms with van der Waals surface area (Å²) in [5.74, 6) is 0.653. The Labute approximate surface area is 159 Å². The van der Waals surface area contributed by atoms with Gasteiger partial charge in [-0.1, -0.05) is 52.2 Å². The number of carbonyl (C=O) groups excluding carboxylic acids is 1. The highest BCUT2D eigenvalue weighted by Crippen LogP contribution is 2.10. The van der Waals surface area contributed by atoms with Crippen molar-refractivity contribution in [3.8, 4) is 0 Å². The minimum absolute atomic E-state index is 0.0452. The first-order valence-electron chi connectivity index (χ1n) is 10.2. The van der Waals surface area contributed by atoms with Gasteiger partial charge in [-0.05, 0) is 42.9 Å². The smallest absolute Gasteiger partial charge is 0.251 e. The monoisotopic (exact) mass is 363 g/mol. The Morgan fingerprint density at radius 3 is 2.31 bits per heavy atom. The number of hydrogen-bond acceptors (Lipinski definition) is 3. The van der Waals surface area contributed by atoms with Gasteiger partial charge in [-0.25, -0.2) is 0 Å². The summed E-state index contributed by atoms with van der Waals surface area (Å²) in [5, 5.41) is 2.89. The molecule has 148 valence electrons. The molecule has 1 amide bonds. The molecule has 0 heterocycles. The summed E-state index contributed by atoms with van der Waals surface area (Å²) in [5.41, 5.74) is 1.99. The van der Waals surface area contributed by atoms with Crippen LogP contribution in [-0.4, -0.2) is 38.9 Å². The number of aryl methyl sites for hydroxylation is 1. The predicted octanol–water partition coefficient (Wildman–Crippen LogP) is 4.62. The molecule has 4 nitrogen and oxygen atoms in total. The number of benzene rings is 1. The van der Waals surface area contributed by atoms with Gasteiger partial charge in [-0.3, -0.25) is 4.79 Å². The molecule has 0 unspecified atom stereocenters. The van der Waals surface area contributed by atoms with Crippen LogP contribution < -0.4 is 5.32 Å². The number of unbranched alkanes of at least 4 members (excludes halogenated alkanes) is 3. The van der Waals surface area contributed by atoms with Crippen LogP contribution in [0.3, 0.4) is 0 Å². The lowest BCUT2D eigenvalue weighted by molar-refractivity contribution is 0.0468. The maximum atomic E-state index is 12.1. The van der Waals surface area contributed by atoms with Crippen LogP contribution in [0, 0.1) is 5.92 Å². The second-order valence-electron chi connectivity index (χ2n) is 7.17. The van der Waals surface area contributed by atoms with Crippen molar-refractivity contribution in [3.63, 3.8) is 0 Å². The lowest BCUT2D eigenvalue weighted by Gasteiger charge is -2.08. The molecule has 1 N–H and O–H groups in total. The first-order valence-corrected chi connectivity index (χ1v) is 10.2. The highest BCUT2D eigenvalue weighted by molar-refractivity contribution is 5.94. The molecule has 0 aromatic heterocycles. The van der Waals surface area contributed by atoms with E-state index in [4.69, 9.17) is 9.47 Å². The van der Waals surface area contributed by atoms with Crippen LogP contribution in [0.4, 0.5) is 0 Å². The Morgan fingerprint density at radius 2 is 1.65 bits per heavy atom. The third kappa shape index (κ3) is 11.3. The second kappa shape index (κ2) is 14.7. The fraction of sp³-hybridized carbons (Fsp3) is 0.682. The van der Waals surface area contributed by atoms with Crippen LogP contribution in [0.1, 0.15) is 68.8 Å². The summed E-state index contributed by atoms with van der Waals surface area (Å²) in [4.78, 5) is 12.1. The van der Waals surface area contributed by atoms with Gasteiger partial charge in [0, 0.05) is 18.7 Å². The number of amides is 1. The Bertz CT molecular complexity index is 471. The van der Waals surface area contributed by atoms with Gasteiger partial charge >= 0.3 is 0 Å². The van der Waals surface area contributed by atoms with Crippen molar-refractivity contribution in [1.29, 1.82) is 0 Å². The summed E-state index contributed by atoms with van der Waals surface area (Å²) in [7, 11) is 0. The normalized spacial score (nSPS) is 11.1. The highest BCUT2D eigenvalue weighted by atomic mass is 16.5. The van der Waals surface area contributed by atoms with Crippen LogP contribution in [0.2, 0.25) is 0 Å². The van der Waals surface area contributed by atoms with Gasteiger partial charge in [0.2, 0.25) is 0 Å². The molecular formula is C22H37NO3. The predicted molar refractivity (Wildman–Crippen MR) is 108 cm³/mol. The first kappa shape index (κ1) is 22.7. The molecular weight excluding hydrogens is 326 g/mol. The van der Waals surface area contributed by atoms with Gasteiger partial charge < -0.3 is 14.8 Å². The fourth-order valence-corrected chi connectivity index (χ4v) is 2.57. The molecule has 1 aromatic carbocycles. The Hall–Kier alpha value is -1.39. The fourth-order valence-electron chi connectivity index (χ4n) is 2.57. The zero-order valence-electron chi connectivity index (χ0n) is 16.9. The molecule has 4 heteroatoms. The van der Waals surface area contributed by atoms with Crippen molar-refractivity contribution in [2.24, 2.45) is 5.92 Å². The lowest BCUT2D eigenvalue weighted by atomic mass is 10.0. The highest BCUT2D eigenvalue weighted by Gasteiger charge is 2.05. The summed E-state index contributed by atoms with van der Waals surface area (Å²) in [6, 6.07) is 7.90. The minimum atomic E-state index is -0.0452. The summed E-state index contributed by atoms with van der Waals surface area (Å²) < 4.78 is 11.0. The molecule has 0 saturated carbocycles. The maximum absolute atomic E-state index is 12.1. The van der Waals surface area contributed by atoms with E-state index in [1.165, 1.54) is 31.2 Å². The number of ether oxygens (including phenoxy) is 2. The van der Waals surface area contributed by atoms with Gasteiger partial charge in [-0.15, -0.1) is 0 Å². The Morgan fingerprint density at radius 1 is 0.962 bits per heavy atom. The summed E-state index contributed by atoms with van der Waals surface area (Å²) in [6.45, 7) is 9.70. The van der Waals surface area contributed by atoms with Crippen molar-refractivity contribution < 1.29 is 14.3 Å². The average Bonchev–Trinajstić information content (AvgIpc) is 2.64. The lowest BCUT2D eigenvalue weighted by Crippen LogP contribution is -2.27. The third-order valence-corrected chi connectivity index (χ3v) is 4.27. The van der Waals surface area contributed by atoms with Crippen LogP contribution in [0.15, 0.2) is 24.3 Å². The molecule has 0 spiro atoms. The van der Waals surface area contributed by atoms with Crippen LogP contribution in [0.5, 0.6) is 0 Å². The molecule has 0 radical (unpaired) electrons. The number of hydrogen-bond donors (Lipinski definition) is 1. The molecule has 0 atom stereocenters. The molecule has 1 aromatic rings. The third-order valence-electron chi connectivity index (χ3n) is 4.27. The van der Waals surface area contributed by atoms with E-state index in [1.54, 1.807) is 0 Å². The number of carbonyl (C=O) groups is 1. The number of rotatable bonds is 15. The SMILES string of the molecule is CCCCCCOCCOCCNC(=O)c1ccc(CCC(C)C)cc1. The maximum Gasteiger partial charge on any atom is 0.251 e. The second-order valence-corrected chi connectivity index (χ2v) is 7.17. The summed E-state index contributed by atoms with van der Waals surface area (Å²) in [6.07, 6.45) is 7.12. The van der Waals surface area contributed by atoms with Gasteiger partial charge in [-0.2, -0.15) is 0 Å². The molecule has 0 aliphatic carbocycles. The van der Waals surface area contributed by atoms with Gasteiger partial charge in [0.15, 0.2) is 0 Å². The van der Waals surface area contributed by atoms with E-state index < -0.39 is 0 Å². The quantitative estimate of drug-likeness (QED) is 0.463. The molecule has 0 aliphatic heterocycles. The van der Waals surface area contributed by atoms with Crippen molar-refractivity contribution in [1.82, 2.24) is 5.32 Å². The van der Waals surface area contributed by atoms with E-state index >= 15 is 0 Å². The number of nitrogens with one attached hydrogen (secondary N) is 1. The van der Waals surface area contributed by atoms with Crippen molar-refractivity contribution in [2.45, 2.75) is 59.3 Å². The largest absolute Gasteiger partial charge is 0.379 e. The topological polar surface area (TPSA) is 47.6 Å². The minimum Gasteiger partial charge on any atom is -0.379 e. The molecule has 26 heavy (non-hydrogen) atoms. The molecule has 1 rings (SSSR count).